The molecule has 1 aromatic rings. The minimum absolute atomic E-state index is 0.161. The van der Waals surface area contributed by atoms with Crippen LogP contribution in [0.15, 0.2) is 18.2 Å². The van der Waals surface area contributed by atoms with Gasteiger partial charge in [-0.05, 0) is 38.4 Å². The van der Waals surface area contributed by atoms with Gasteiger partial charge in [-0.2, -0.15) is 0 Å². The number of nitrogens with zero attached hydrogens (tertiary/aromatic N) is 2. The Morgan fingerprint density at radius 3 is 3.14 bits per heavy atom. The normalized spacial score (nSPS) is 25.6. The van der Waals surface area contributed by atoms with Crippen LogP contribution in [0.4, 0.5) is 11.4 Å². The fraction of sp³-hybridized carbons (Fsp3) is 0.600. The summed E-state index contributed by atoms with van der Waals surface area (Å²) in [4.78, 5) is 13.0. The zero-order chi connectivity index (χ0) is 14.8. The molecule has 0 spiro atoms. The van der Waals surface area contributed by atoms with Gasteiger partial charge in [0.2, 0.25) is 0 Å². The lowest BCUT2D eigenvalue weighted by Gasteiger charge is -2.35. The zero-order valence-corrected chi connectivity index (χ0v) is 12.2. The van der Waals surface area contributed by atoms with E-state index in [0.717, 1.165) is 25.4 Å². The number of nitrogens with one attached hydrogen (secondary N) is 1. The standard InChI is InChI=1S/C15H21N3O3/c1-11-7-12(4-5-15(11)18(19)20)16-8-14-9-17-6-2-3-13(17)10-21-14/h4-5,7,13-14,16H,2-3,6,8-10H2,1H3. The molecule has 2 aliphatic heterocycles. The first kappa shape index (κ1) is 14.3. The molecule has 2 heterocycles. The highest BCUT2D eigenvalue weighted by Crippen LogP contribution is 2.24. The van der Waals surface area contributed by atoms with Gasteiger partial charge in [0.1, 0.15) is 0 Å². The highest BCUT2D eigenvalue weighted by molar-refractivity contribution is 5.53. The topological polar surface area (TPSA) is 67.6 Å². The van der Waals surface area contributed by atoms with E-state index in [9.17, 15) is 10.1 Å². The molecule has 0 aromatic heterocycles. The molecular weight excluding hydrogens is 270 g/mol. The van der Waals surface area contributed by atoms with Crippen molar-refractivity contribution in [2.24, 2.45) is 0 Å². The number of hydrogen-bond donors (Lipinski definition) is 1. The van der Waals surface area contributed by atoms with Gasteiger partial charge in [0, 0.05) is 36.4 Å². The third-order valence-corrected chi connectivity index (χ3v) is 4.39. The Bertz CT molecular complexity index is 535. The Balaban J connectivity index is 1.55. The fourth-order valence-electron chi connectivity index (χ4n) is 3.21. The first-order valence-corrected chi connectivity index (χ1v) is 7.48. The summed E-state index contributed by atoms with van der Waals surface area (Å²) in [6.07, 6.45) is 2.71. The molecule has 2 atom stereocenters. The van der Waals surface area contributed by atoms with E-state index in [1.165, 1.54) is 19.4 Å². The third kappa shape index (κ3) is 3.16. The summed E-state index contributed by atoms with van der Waals surface area (Å²) >= 11 is 0. The smallest absolute Gasteiger partial charge is 0.272 e. The van der Waals surface area contributed by atoms with Crippen LogP contribution >= 0.6 is 0 Å². The summed E-state index contributed by atoms with van der Waals surface area (Å²) in [5.41, 5.74) is 1.74. The van der Waals surface area contributed by atoms with Gasteiger partial charge in [-0.15, -0.1) is 0 Å². The first-order valence-electron chi connectivity index (χ1n) is 7.48. The number of rotatable bonds is 4. The van der Waals surface area contributed by atoms with Crippen LogP contribution in [0, 0.1) is 17.0 Å². The number of aryl methyl sites for hydroxylation is 1. The highest BCUT2D eigenvalue weighted by Gasteiger charge is 2.31. The Hall–Kier alpha value is -1.66. The Kier molecular flexibility index (Phi) is 4.07. The number of hydrogen-bond acceptors (Lipinski definition) is 5. The largest absolute Gasteiger partial charge is 0.382 e. The zero-order valence-electron chi connectivity index (χ0n) is 12.2. The van der Waals surface area contributed by atoms with Gasteiger partial charge in [-0.3, -0.25) is 15.0 Å². The predicted octanol–water partition coefficient (Wildman–Crippen LogP) is 2.18. The maximum atomic E-state index is 10.8. The number of nitro groups is 1. The molecule has 0 saturated carbocycles. The molecule has 6 nitrogen and oxygen atoms in total. The Morgan fingerprint density at radius 2 is 2.38 bits per heavy atom. The van der Waals surface area contributed by atoms with Gasteiger partial charge >= 0.3 is 0 Å². The van der Waals surface area contributed by atoms with E-state index in [1.54, 1.807) is 19.1 Å². The second kappa shape index (κ2) is 5.99. The van der Waals surface area contributed by atoms with E-state index in [0.29, 0.717) is 11.6 Å². The minimum atomic E-state index is -0.350. The van der Waals surface area contributed by atoms with E-state index in [2.05, 4.69) is 10.2 Å². The van der Waals surface area contributed by atoms with Crippen LogP contribution < -0.4 is 5.32 Å². The molecule has 1 aromatic carbocycles. The van der Waals surface area contributed by atoms with Crippen molar-refractivity contribution in [1.29, 1.82) is 0 Å². The maximum Gasteiger partial charge on any atom is 0.272 e. The summed E-state index contributed by atoms with van der Waals surface area (Å²) < 4.78 is 5.89. The molecule has 0 radical (unpaired) electrons. The van der Waals surface area contributed by atoms with E-state index >= 15 is 0 Å². The van der Waals surface area contributed by atoms with Crippen molar-refractivity contribution in [1.82, 2.24) is 4.90 Å². The molecule has 2 fully saturated rings. The van der Waals surface area contributed by atoms with Crippen LogP contribution in [0.25, 0.3) is 0 Å². The molecule has 21 heavy (non-hydrogen) atoms. The number of morpholine rings is 1. The lowest BCUT2D eigenvalue weighted by molar-refractivity contribution is -0.385. The number of anilines is 1. The van der Waals surface area contributed by atoms with Crippen molar-refractivity contribution in [3.8, 4) is 0 Å². The second-order valence-corrected chi connectivity index (χ2v) is 5.89. The van der Waals surface area contributed by atoms with E-state index < -0.39 is 0 Å². The van der Waals surface area contributed by atoms with E-state index in [-0.39, 0.29) is 16.7 Å². The van der Waals surface area contributed by atoms with Crippen molar-refractivity contribution in [3.05, 3.63) is 33.9 Å². The number of ether oxygens (including phenoxy) is 1. The van der Waals surface area contributed by atoms with Crippen LogP contribution in [0.3, 0.4) is 0 Å². The van der Waals surface area contributed by atoms with E-state index in [4.69, 9.17) is 4.74 Å². The average molecular weight is 291 g/mol. The summed E-state index contributed by atoms with van der Waals surface area (Å²) in [5.74, 6) is 0. The molecule has 6 heteroatoms. The predicted molar refractivity (Wildman–Crippen MR) is 80.7 cm³/mol. The third-order valence-electron chi connectivity index (χ3n) is 4.39. The summed E-state index contributed by atoms with van der Waals surface area (Å²) in [6, 6.07) is 5.74. The van der Waals surface area contributed by atoms with Crippen LogP contribution in [-0.2, 0) is 4.74 Å². The summed E-state index contributed by atoms with van der Waals surface area (Å²) in [7, 11) is 0. The highest BCUT2D eigenvalue weighted by atomic mass is 16.6. The average Bonchev–Trinajstić information content (AvgIpc) is 2.92. The summed E-state index contributed by atoms with van der Waals surface area (Å²) in [5, 5.41) is 14.1. The lowest BCUT2D eigenvalue weighted by atomic mass is 10.1. The lowest BCUT2D eigenvalue weighted by Crippen LogP contribution is -2.48. The molecule has 0 bridgehead atoms. The van der Waals surface area contributed by atoms with Crippen LogP contribution in [0.1, 0.15) is 18.4 Å². The van der Waals surface area contributed by atoms with E-state index in [1.807, 2.05) is 6.07 Å². The van der Waals surface area contributed by atoms with Crippen LogP contribution in [-0.4, -0.2) is 48.2 Å². The summed E-state index contributed by atoms with van der Waals surface area (Å²) in [6.45, 7) is 5.48. The number of nitro benzene ring substituents is 1. The minimum Gasteiger partial charge on any atom is -0.382 e. The van der Waals surface area contributed by atoms with Gasteiger partial charge in [-0.25, -0.2) is 0 Å². The van der Waals surface area contributed by atoms with Gasteiger partial charge in [-0.1, -0.05) is 0 Å². The molecule has 0 amide bonds. The van der Waals surface area contributed by atoms with Crippen molar-refractivity contribution >= 4 is 11.4 Å². The van der Waals surface area contributed by atoms with Gasteiger partial charge < -0.3 is 10.1 Å². The number of fused-ring (bicyclic) bond motifs is 1. The van der Waals surface area contributed by atoms with Crippen molar-refractivity contribution in [3.63, 3.8) is 0 Å². The molecule has 1 N–H and O–H groups in total. The molecule has 2 saturated heterocycles. The molecule has 3 rings (SSSR count). The van der Waals surface area contributed by atoms with Gasteiger partial charge in [0.25, 0.3) is 5.69 Å². The first-order chi connectivity index (χ1) is 10.1. The van der Waals surface area contributed by atoms with Crippen molar-refractivity contribution in [2.75, 3.05) is 31.6 Å². The Labute approximate surface area is 124 Å². The van der Waals surface area contributed by atoms with Gasteiger partial charge in [0.15, 0.2) is 0 Å². The molecule has 2 aliphatic rings. The van der Waals surface area contributed by atoms with Crippen molar-refractivity contribution < 1.29 is 9.66 Å². The quantitative estimate of drug-likeness (QED) is 0.680. The van der Waals surface area contributed by atoms with Crippen LogP contribution in [0.2, 0.25) is 0 Å². The molecule has 114 valence electrons. The monoisotopic (exact) mass is 291 g/mol. The van der Waals surface area contributed by atoms with Gasteiger partial charge in [0.05, 0.1) is 17.6 Å². The van der Waals surface area contributed by atoms with Crippen LogP contribution in [0.5, 0.6) is 0 Å². The number of benzene rings is 1. The molecule has 0 aliphatic carbocycles. The Morgan fingerprint density at radius 1 is 1.52 bits per heavy atom. The maximum absolute atomic E-state index is 10.8. The molecule has 2 unspecified atom stereocenters. The second-order valence-electron chi connectivity index (χ2n) is 5.89. The van der Waals surface area contributed by atoms with Crippen molar-refractivity contribution in [2.45, 2.75) is 31.9 Å². The SMILES string of the molecule is Cc1cc(NCC2CN3CCCC3CO2)ccc1[N+](=O)[O-]. The fourth-order valence-corrected chi connectivity index (χ4v) is 3.21. The molecular formula is C15H21N3O3.